The first-order valence-corrected chi connectivity index (χ1v) is 6.98. The molecule has 0 aromatic heterocycles. The molecule has 0 radical (unpaired) electrons. The second-order valence-electron chi connectivity index (χ2n) is 4.68. The Morgan fingerprint density at radius 3 is 2.64 bits per heavy atom. The van der Waals surface area contributed by atoms with Crippen LogP contribution in [0.25, 0.3) is 0 Å². The van der Waals surface area contributed by atoms with Crippen LogP contribution in [0.4, 0.5) is 5.69 Å². The van der Waals surface area contributed by atoms with Gasteiger partial charge in [0.05, 0.1) is 17.7 Å². The van der Waals surface area contributed by atoms with Gasteiger partial charge in [0.1, 0.15) is 5.75 Å². The third-order valence-electron chi connectivity index (χ3n) is 2.96. The summed E-state index contributed by atoms with van der Waals surface area (Å²) >= 11 is 0. The van der Waals surface area contributed by atoms with Gasteiger partial charge in [-0.25, -0.2) is 4.79 Å². The van der Waals surface area contributed by atoms with E-state index >= 15 is 0 Å². The van der Waals surface area contributed by atoms with Gasteiger partial charge in [0, 0.05) is 5.69 Å². The predicted octanol–water partition coefficient (Wildman–Crippen LogP) is 3.43. The minimum Gasteiger partial charge on any atom is -0.493 e. The zero-order valence-electron chi connectivity index (χ0n) is 12.2. The number of ether oxygens (including phenoxy) is 1. The second-order valence-corrected chi connectivity index (χ2v) is 4.68. The summed E-state index contributed by atoms with van der Waals surface area (Å²) in [7, 11) is 0. The lowest BCUT2D eigenvalue weighted by Crippen LogP contribution is -2.14. The second kappa shape index (κ2) is 7.26. The highest BCUT2D eigenvalue weighted by atomic mass is 16.5. The lowest BCUT2D eigenvalue weighted by atomic mass is 10.1. The van der Waals surface area contributed by atoms with Crippen LogP contribution in [0, 0.1) is 0 Å². The summed E-state index contributed by atoms with van der Waals surface area (Å²) in [5, 5.41) is 11.7. The summed E-state index contributed by atoms with van der Waals surface area (Å²) in [5.41, 5.74) is 0.959. The van der Waals surface area contributed by atoms with E-state index in [1.54, 1.807) is 36.4 Å². The minimum absolute atomic E-state index is 0.119. The summed E-state index contributed by atoms with van der Waals surface area (Å²) < 4.78 is 5.55. The Morgan fingerprint density at radius 1 is 1.14 bits per heavy atom. The quantitative estimate of drug-likeness (QED) is 0.857. The Balaban J connectivity index is 2.19. The van der Waals surface area contributed by atoms with E-state index in [2.05, 4.69) is 5.32 Å². The van der Waals surface area contributed by atoms with Crippen molar-refractivity contribution in [1.29, 1.82) is 0 Å². The molecule has 0 heterocycles. The van der Waals surface area contributed by atoms with Crippen molar-refractivity contribution in [1.82, 2.24) is 0 Å². The molecule has 0 spiro atoms. The fourth-order valence-electron chi connectivity index (χ4n) is 1.92. The number of hydrogen-bond acceptors (Lipinski definition) is 3. The van der Waals surface area contributed by atoms with Gasteiger partial charge < -0.3 is 15.2 Å². The SMILES string of the molecule is CCCOc1ccccc1C(=O)Nc1cccc(C(=O)O)c1. The van der Waals surface area contributed by atoms with E-state index in [9.17, 15) is 9.59 Å². The maximum absolute atomic E-state index is 12.3. The molecule has 0 aliphatic carbocycles. The Kier molecular flexibility index (Phi) is 5.14. The Hall–Kier alpha value is -2.82. The van der Waals surface area contributed by atoms with Gasteiger partial charge in [-0.1, -0.05) is 25.1 Å². The van der Waals surface area contributed by atoms with Gasteiger partial charge in [0.2, 0.25) is 0 Å². The number of carboxylic acids is 1. The number of rotatable bonds is 6. The highest BCUT2D eigenvalue weighted by Crippen LogP contribution is 2.20. The van der Waals surface area contributed by atoms with E-state index < -0.39 is 5.97 Å². The van der Waals surface area contributed by atoms with Gasteiger partial charge in [-0.05, 0) is 36.8 Å². The molecule has 0 unspecified atom stereocenters. The average Bonchev–Trinajstić information content (AvgIpc) is 2.53. The van der Waals surface area contributed by atoms with Crippen molar-refractivity contribution in [2.45, 2.75) is 13.3 Å². The molecule has 0 fully saturated rings. The Morgan fingerprint density at radius 2 is 1.91 bits per heavy atom. The Bertz CT molecular complexity index is 682. The highest BCUT2D eigenvalue weighted by Gasteiger charge is 2.13. The van der Waals surface area contributed by atoms with Crippen molar-refractivity contribution >= 4 is 17.6 Å². The van der Waals surface area contributed by atoms with Crippen molar-refractivity contribution in [2.75, 3.05) is 11.9 Å². The number of aromatic carboxylic acids is 1. The van der Waals surface area contributed by atoms with Crippen LogP contribution in [0.15, 0.2) is 48.5 Å². The van der Waals surface area contributed by atoms with Crippen LogP contribution >= 0.6 is 0 Å². The molecule has 2 aromatic carbocycles. The summed E-state index contributed by atoms with van der Waals surface area (Å²) in [5.74, 6) is -0.867. The molecule has 0 saturated heterocycles. The third-order valence-corrected chi connectivity index (χ3v) is 2.96. The maximum Gasteiger partial charge on any atom is 0.335 e. The zero-order chi connectivity index (χ0) is 15.9. The molecule has 0 aliphatic rings. The summed E-state index contributed by atoms with van der Waals surface area (Å²) in [6, 6.07) is 13.1. The number of carboxylic acid groups (broad SMARTS) is 1. The average molecular weight is 299 g/mol. The largest absolute Gasteiger partial charge is 0.493 e. The van der Waals surface area contributed by atoms with E-state index in [0.29, 0.717) is 23.6 Å². The van der Waals surface area contributed by atoms with Crippen molar-refractivity contribution < 1.29 is 19.4 Å². The van der Waals surface area contributed by atoms with Crippen molar-refractivity contribution in [3.05, 3.63) is 59.7 Å². The molecule has 114 valence electrons. The van der Waals surface area contributed by atoms with Gasteiger partial charge in [-0.2, -0.15) is 0 Å². The third kappa shape index (κ3) is 3.85. The topological polar surface area (TPSA) is 75.6 Å². The predicted molar refractivity (Wildman–Crippen MR) is 83.6 cm³/mol. The molecule has 0 atom stereocenters. The molecule has 0 bridgehead atoms. The standard InChI is InChI=1S/C17H17NO4/c1-2-10-22-15-9-4-3-8-14(15)16(19)18-13-7-5-6-12(11-13)17(20)21/h3-9,11H,2,10H2,1H3,(H,18,19)(H,20,21). The van der Waals surface area contributed by atoms with E-state index in [1.807, 2.05) is 6.92 Å². The first-order chi connectivity index (χ1) is 10.6. The van der Waals surface area contributed by atoms with E-state index in [4.69, 9.17) is 9.84 Å². The zero-order valence-corrected chi connectivity index (χ0v) is 12.2. The smallest absolute Gasteiger partial charge is 0.335 e. The summed E-state index contributed by atoms with van der Waals surface area (Å²) in [6.45, 7) is 2.51. The van der Waals surface area contributed by atoms with E-state index in [0.717, 1.165) is 6.42 Å². The number of carbonyl (C=O) groups is 2. The lowest BCUT2D eigenvalue weighted by Gasteiger charge is -2.11. The number of hydrogen-bond donors (Lipinski definition) is 2. The van der Waals surface area contributed by atoms with Crippen LogP contribution in [-0.4, -0.2) is 23.6 Å². The molecule has 2 aromatic rings. The number of para-hydroxylation sites is 1. The van der Waals surface area contributed by atoms with Crippen molar-refractivity contribution in [2.24, 2.45) is 0 Å². The maximum atomic E-state index is 12.3. The van der Waals surface area contributed by atoms with Gasteiger partial charge in [0.25, 0.3) is 5.91 Å². The molecule has 5 heteroatoms. The minimum atomic E-state index is -1.04. The number of carbonyl (C=O) groups excluding carboxylic acids is 1. The number of benzene rings is 2. The monoisotopic (exact) mass is 299 g/mol. The molecule has 0 aliphatic heterocycles. The Labute approximate surface area is 128 Å². The molecule has 0 saturated carbocycles. The van der Waals surface area contributed by atoms with Crippen LogP contribution in [0.5, 0.6) is 5.75 Å². The summed E-state index contributed by atoms with van der Waals surface area (Å²) in [6.07, 6.45) is 0.844. The van der Waals surface area contributed by atoms with E-state index in [-0.39, 0.29) is 11.5 Å². The molecule has 5 nitrogen and oxygen atoms in total. The van der Waals surface area contributed by atoms with Crippen LogP contribution < -0.4 is 10.1 Å². The lowest BCUT2D eigenvalue weighted by molar-refractivity contribution is 0.0696. The van der Waals surface area contributed by atoms with Crippen molar-refractivity contribution in [3.63, 3.8) is 0 Å². The first-order valence-electron chi connectivity index (χ1n) is 6.98. The molecule has 1 amide bonds. The number of amides is 1. The molecular weight excluding hydrogens is 282 g/mol. The number of nitrogens with one attached hydrogen (secondary N) is 1. The van der Waals surface area contributed by atoms with Crippen molar-refractivity contribution in [3.8, 4) is 5.75 Å². The van der Waals surface area contributed by atoms with Gasteiger partial charge in [0.15, 0.2) is 0 Å². The van der Waals surface area contributed by atoms with Gasteiger partial charge in [-0.15, -0.1) is 0 Å². The van der Waals surface area contributed by atoms with Crippen LogP contribution in [0.2, 0.25) is 0 Å². The first kappa shape index (κ1) is 15.6. The van der Waals surface area contributed by atoms with Crippen LogP contribution in [0.3, 0.4) is 0 Å². The van der Waals surface area contributed by atoms with Gasteiger partial charge >= 0.3 is 5.97 Å². The highest BCUT2D eigenvalue weighted by molar-refractivity contribution is 6.06. The normalized spacial score (nSPS) is 10.0. The summed E-state index contributed by atoms with van der Waals surface area (Å²) in [4.78, 5) is 23.3. The van der Waals surface area contributed by atoms with Gasteiger partial charge in [-0.3, -0.25) is 4.79 Å². The fourth-order valence-corrected chi connectivity index (χ4v) is 1.92. The molecule has 22 heavy (non-hydrogen) atoms. The van der Waals surface area contributed by atoms with E-state index in [1.165, 1.54) is 12.1 Å². The fraction of sp³-hybridized carbons (Fsp3) is 0.176. The van der Waals surface area contributed by atoms with Crippen LogP contribution in [-0.2, 0) is 0 Å². The molecule has 2 rings (SSSR count). The molecule has 2 N–H and O–H groups in total. The molecular formula is C17H17NO4. The number of anilines is 1. The van der Waals surface area contributed by atoms with Crippen LogP contribution in [0.1, 0.15) is 34.1 Å².